The van der Waals surface area contributed by atoms with Crippen LogP contribution in [0.3, 0.4) is 0 Å². The molecule has 0 saturated heterocycles. The molecule has 0 spiro atoms. The first-order valence-corrected chi connectivity index (χ1v) is 8.82. The Labute approximate surface area is 122 Å². The summed E-state index contributed by atoms with van der Waals surface area (Å²) in [5, 5.41) is 9.55. The molecule has 0 aliphatic heterocycles. The molecule has 0 radical (unpaired) electrons. The zero-order chi connectivity index (χ0) is 13.4. The van der Waals surface area contributed by atoms with Crippen molar-refractivity contribution >= 4 is 23.1 Å². The highest BCUT2D eigenvalue weighted by Gasteiger charge is 2.22. The average Bonchev–Trinajstić information content (AvgIpc) is 3.00. The third-order valence-corrected chi connectivity index (χ3v) is 5.95. The van der Waals surface area contributed by atoms with Crippen molar-refractivity contribution in [2.75, 3.05) is 6.26 Å². The predicted molar refractivity (Wildman–Crippen MR) is 81.9 cm³/mol. The summed E-state index contributed by atoms with van der Waals surface area (Å²) >= 11 is 3.55. The predicted octanol–water partition coefficient (Wildman–Crippen LogP) is 3.78. The lowest BCUT2D eigenvalue weighted by Crippen LogP contribution is -2.10. The number of nitrogens with zero attached hydrogens (tertiary/aromatic N) is 3. The van der Waals surface area contributed by atoms with Crippen molar-refractivity contribution in [3.63, 3.8) is 0 Å². The van der Waals surface area contributed by atoms with Crippen molar-refractivity contribution in [3.8, 4) is 10.7 Å². The molecule has 2 aromatic heterocycles. The minimum absolute atomic E-state index is 0.871. The first-order valence-electron chi connectivity index (χ1n) is 6.78. The number of fused-ring (bicyclic) bond motifs is 1. The Morgan fingerprint density at radius 1 is 1.47 bits per heavy atom. The normalized spacial score (nSPS) is 18.6. The first kappa shape index (κ1) is 13.2. The molecule has 0 amide bonds. The number of thioether (sulfide) groups is 1. The number of rotatable bonds is 3. The van der Waals surface area contributed by atoms with Crippen LogP contribution >= 0.6 is 23.1 Å². The van der Waals surface area contributed by atoms with E-state index in [4.69, 9.17) is 0 Å². The molecule has 2 aromatic rings. The Morgan fingerprint density at radius 2 is 2.32 bits per heavy atom. The largest absolute Gasteiger partial charge is 0.305 e. The van der Waals surface area contributed by atoms with Crippen LogP contribution in [0.1, 0.15) is 30.2 Å². The van der Waals surface area contributed by atoms with E-state index in [0.29, 0.717) is 0 Å². The highest BCUT2D eigenvalue weighted by Crippen LogP contribution is 2.37. The fraction of sp³-hybridized carbons (Fsp3) is 0.571. The highest BCUT2D eigenvalue weighted by atomic mass is 32.2. The third-order valence-electron chi connectivity index (χ3n) is 4.00. The van der Waals surface area contributed by atoms with Gasteiger partial charge in [0, 0.05) is 11.9 Å². The van der Waals surface area contributed by atoms with E-state index in [1.807, 2.05) is 17.6 Å². The minimum Gasteiger partial charge on any atom is -0.305 e. The maximum absolute atomic E-state index is 4.34. The second-order valence-corrected chi connectivity index (χ2v) is 7.06. The number of hydrogen-bond acceptors (Lipinski definition) is 4. The van der Waals surface area contributed by atoms with Gasteiger partial charge < -0.3 is 4.57 Å². The van der Waals surface area contributed by atoms with Crippen molar-refractivity contribution in [1.82, 2.24) is 14.8 Å². The van der Waals surface area contributed by atoms with Gasteiger partial charge in [-0.1, -0.05) is 25.1 Å². The van der Waals surface area contributed by atoms with Crippen molar-refractivity contribution in [2.24, 2.45) is 13.0 Å². The lowest BCUT2D eigenvalue weighted by molar-refractivity contribution is 0.449. The fourth-order valence-corrected chi connectivity index (χ4v) is 4.48. The van der Waals surface area contributed by atoms with Gasteiger partial charge in [-0.3, -0.25) is 0 Å². The van der Waals surface area contributed by atoms with Crippen molar-refractivity contribution in [3.05, 3.63) is 16.5 Å². The molecule has 0 aromatic carbocycles. The van der Waals surface area contributed by atoms with Gasteiger partial charge in [-0.15, -0.1) is 21.5 Å². The van der Waals surface area contributed by atoms with Gasteiger partial charge in [0.2, 0.25) is 0 Å². The van der Waals surface area contributed by atoms with Crippen LogP contribution in [0.2, 0.25) is 0 Å². The molecule has 1 aliphatic carbocycles. The Morgan fingerprint density at radius 3 is 3.00 bits per heavy atom. The number of aromatic nitrogens is 3. The molecule has 1 aliphatic rings. The monoisotopic (exact) mass is 293 g/mol. The summed E-state index contributed by atoms with van der Waals surface area (Å²) in [7, 11) is 2.05. The van der Waals surface area contributed by atoms with Crippen LogP contribution in [0.4, 0.5) is 0 Å². The molecular weight excluding hydrogens is 274 g/mol. The van der Waals surface area contributed by atoms with Crippen LogP contribution in [-0.4, -0.2) is 21.0 Å². The van der Waals surface area contributed by atoms with E-state index in [2.05, 4.69) is 34.8 Å². The van der Waals surface area contributed by atoms with Gasteiger partial charge in [0.25, 0.3) is 0 Å². The van der Waals surface area contributed by atoms with E-state index in [1.165, 1.54) is 30.6 Å². The minimum atomic E-state index is 0.871. The van der Waals surface area contributed by atoms with Gasteiger partial charge in [-0.2, -0.15) is 0 Å². The Bertz CT molecular complexity index is 586. The highest BCUT2D eigenvalue weighted by molar-refractivity contribution is 7.98. The number of hydrogen-bond donors (Lipinski definition) is 0. The molecule has 2 heterocycles. The molecule has 19 heavy (non-hydrogen) atoms. The number of thiophene rings is 1. The SMILES string of the molecule is CCC1CCc2sc(-c3nnc(SC)n3C)cc2C1. The number of aryl methyl sites for hydroxylation is 1. The summed E-state index contributed by atoms with van der Waals surface area (Å²) in [4.78, 5) is 2.84. The smallest absolute Gasteiger partial charge is 0.190 e. The topological polar surface area (TPSA) is 30.7 Å². The van der Waals surface area contributed by atoms with Gasteiger partial charge in [0.05, 0.1) is 4.88 Å². The Balaban J connectivity index is 1.94. The van der Waals surface area contributed by atoms with Gasteiger partial charge in [-0.25, -0.2) is 0 Å². The fourth-order valence-electron chi connectivity index (χ4n) is 2.76. The lowest BCUT2D eigenvalue weighted by Gasteiger charge is -2.19. The molecule has 102 valence electrons. The van der Waals surface area contributed by atoms with Crippen LogP contribution in [0.5, 0.6) is 0 Å². The van der Waals surface area contributed by atoms with E-state index in [9.17, 15) is 0 Å². The van der Waals surface area contributed by atoms with Gasteiger partial charge in [0.15, 0.2) is 11.0 Å². The van der Waals surface area contributed by atoms with Crippen molar-refractivity contribution < 1.29 is 0 Å². The van der Waals surface area contributed by atoms with Crippen LogP contribution in [0, 0.1) is 5.92 Å². The molecule has 0 saturated carbocycles. The summed E-state index contributed by atoms with van der Waals surface area (Å²) in [5.41, 5.74) is 1.55. The zero-order valence-corrected chi connectivity index (χ0v) is 13.3. The maximum Gasteiger partial charge on any atom is 0.190 e. The Hall–Kier alpha value is -0.810. The molecule has 0 N–H and O–H groups in total. The quantitative estimate of drug-likeness (QED) is 0.807. The standard InChI is InChI=1S/C14H19N3S2/c1-4-9-5-6-11-10(7-9)8-12(19-11)13-15-16-14(18-3)17(13)2/h8-9H,4-7H2,1-3H3. The zero-order valence-electron chi connectivity index (χ0n) is 11.6. The van der Waals surface area contributed by atoms with Gasteiger partial charge in [-0.05, 0) is 43.1 Å². The maximum atomic E-state index is 4.34. The van der Waals surface area contributed by atoms with Crippen molar-refractivity contribution in [1.29, 1.82) is 0 Å². The van der Waals surface area contributed by atoms with Gasteiger partial charge in [0.1, 0.15) is 0 Å². The molecule has 3 rings (SSSR count). The van der Waals surface area contributed by atoms with E-state index < -0.39 is 0 Å². The van der Waals surface area contributed by atoms with Crippen LogP contribution < -0.4 is 0 Å². The van der Waals surface area contributed by atoms with Crippen LogP contribution in [0.15, 0.2) is 11.2 Å². The summed E-state index contributed by atoms with van der Waals surface area (Å²) in [6.07, 6.45) is 7.17. The summed E-state index contributed by atoms with van der Waals surface area (Å²) in [5.74, 6) is 1.88. The molecule has 1 unspecified atom stereocenters. The van der Waals surface area contributed by atoms with E-state index in [1.54, 1.807) is 22.2 Å². The summed E-state index contributed by atoms with van der Waals surface area (Å²) in [6.45, 7) is 2.30. The molecule has 5 heteroatoms. The lowest BCUT2D eigenvalue weighted by atomic mass is 9.87. The third kappa shape index (κ3) is 2.34. The molecule has 3 nitrogen and oxygen atoms in total. The average molecular weight is 293 g/mol. The van der Waals surface area contributed by atoms with Crippen molar-refractivity contribution in [2.45, 2.75) is 37.8 Å². The molecule has 0 bridgehead atoms. The van der Waals surface area contributed by atoms with Gasteiger partial charge >= 0.3 is 0 Å². The molecular formula is C14H19N3S2. The first-order chi connectivity index (χ1) is 9.22. The van der Waals surface area contributed by atoms with E-state index in [0.717, 1.165) is 16.9 Å². The summed E-state index contributed by atoms with van der Waals surface area (Å²) < 4.78 is 2.10. The van der Waals surface area contributed by atoms with Crippen LogP contribution in [-0.2, 0) is 19.9 Å². The summed E-state index contributed by atoms with van der Waals surface area (Å²) in [6, 6.07) is 2.34. The second kappa shape index (κ2) is 5.29. The van der Waals surface area contributed by atoms with E-state index >= 15 is 0 Å². The van der Waals surface area contributed by atoms with Crippen LogP contribution in [0.25, 0.3) is 10.7 Å². The molecule has 0 fully saturated rings. The second-order valence-electron chi connectivity index (χ2n) is 5.15. The molecule has 1 atom stereocenters. The Kier molecular flexibility index (Phi) is 3.67. The van der Waals surface area contributed by atoms with E-state index in [-0.39, 0.29) is 0 Å².